The maximum atomic E-state index is 13.0. The summed E-state index contributed by atoms with van der Waals surface area (Å²) in [4.78, 5) is 38.0. The Morgan fingerprint density at radius 1 is 0.762 bits per heavy atom. The summed E-state index contributed by atoms with van der Waals surface area (Å²) in [5, 5.41) is 9.91. The lowest BCUT2D eigenvalue weighted by Crippen LogP contribution is -2.27. The van der Waals surface area contributed by atoms with Gasteiger partial charge in [-0.05, 0) is 73.2 Å². The Kier molecular flexibility index (Phi) is 11.6. The molecule has 0 saturated carbocycles. The molecule has 1 unspecified atom stereocenters. The molecule has 0 fully saturated rings. The first-order valence-corrected chi connectivity index (χ1v) is 15.1. The van der Waals surface area contributed by atoms with Crippen molar-refractivity contribution in [2.45, 2.75) is 77.6 Å². The van der Waals surface area contributed by atoms with E-state index < -0.39 is 17.9 Å². The summed E-state index contributed by atoms with van der Waals surface area (Å²) in [6.45, 7) is 2.83. The van der Waals surface area contributed by atoms with Gasteiger partial charge in [-0.1, -0.05) is 82.2 Å². The van der Waals surface area contributed by atoms with Crippen LogP contribution in [0, 0.1) is 5.92 Å². The Labute approximate surface area is 247 Å². The van der Waals surface area contributed by atoms with Gasteiger partial charge in [-0.25, -0.2) is 9.59 Å². The van der Waals surface area contributed by atoms with E-state index in [1.807, 2.05) is 18.2 Å². The number of benzene rings is 3. The van der Waals surface area contributed by atoms with Crippen molar-refractivity contribution in [1.29, 1.82) is 0 Å². The van der Waals surface area contributed by atoms with Gasteiger partial charge in [0, 0.05) is 0 Å². The van der Waals surface area contributed by atoms with Crippen LogP contribution in [-0.2, 0) is 17.6 Å². The average molecular weight is 573 g/mol. The molecule has 1 aliphatic rings. The van der Waals surface area contributed by atoms with Crippen LogP contribution in [0.3, 0.4) is 0 Å². The maximum Gasteiger partial charge on any atom is 0.343 e. The number of fused-ring (bicyclic) bond motifs is 1. The van der Waals surface area contributed by atoms with E-state index in [1.165, 1.54) is 62.3 Å². The molecule has 0 aliphatic heterocycles. The zero-order valence-electron chi connectivity index (χ0n) is 24.3. The first kappa shape index (κ1) is 30.8. The van der Waals surface area contributed by atoms with Crippen molar-refractivity contribution in [2.75, 3.05) is 6.61 Å². The molecular formula is C35H40O7. The van der Waals surface area contributed by atoms with Gasteiger partial charge in [0.1, 0.15) is 22.8 Å². The van der Waals surface area contributed by atoms with Crippen LogP contribution in [0.25, 0.3) is 0 Å². The van der Waals surface area contributed by atoms with E-state index in [0.717, 1.165) is 24.8 Å². The predicted octanol–water partition coefficient (Wildman–Crippen LogP) is 7.83. The van der Waals surface area contributed by atoms with Gasteiger partial charge in [0.25, 0.3) is 0 Å². The van der Waals surface area contributed by atoms with Crippen molar-refractivity contribution < 1.29 is 33.7 Å². The molecule has 222 valence electrons. The van der Waals surface area contributed by atoms with Crippen LogP contribution in [0.4, 0.5) is 0 Å². The van der Waals surface area contributed by atoms with Gasteiger partial charge < -0.3 is 19.3 Å². The largest absolute Gasteiger partial charge is 0.494 e. The average Bonchev–Trinajstić information content (AvgIpc) is 3.00. The van der Waals surface area contributed by atoms with E-state index in [-0.39, 0.29) is 28.5 Å². The number of ether oxygens (including phenoxy) is 3. The second kappa shape index (κ2) is 15.8. The van der Waals surface area contributed by atoms with Crippen molar-refractivity contribution in [1.82, 2.24) is 0 Å². The Hall–Kier alpha value is -4.13. The van der Waals surface area contributed by atoms with E-state index in [9.17, 15) is 19.5 Å². The standard InChI is InChI=1S/C35H40O7/c1-2-3-4-5-6-7-8-11-23-40-29-21-19-26(20-22-29)34(38)41-30-15-12-16-31(32(30)33(36)37)42-35(39)28-18-17-25-13-9-10-14-27(25)24-28/h9-10,12-16,19-22,28H,2-8,11,17-18,23-24H2,1H3,(H,36,37). The molecule has 3 aromatic carbocycles. The molecule has 3 aromatic rings. The molecule has 42 heavy (non-hydrogen) atoms. The number of aromatic carboxylic acids is 1. The molecule has 1 aliphatic carbocycles. The molecular weight excluding hydrogens is 532 g/mol. The second-order valence-electron chi connectivity index (χ2n) is 10.8. The Balaban J connectivity index is 1.31. The number of unbranched alkanes of at least 4 members (excludes halogenated alkanes) is 7. The van der Waals surface area contributed by atoms with Gasteiger partial charge in [0.15, 0.2) is 0 Å². The molecule has 0 radical (unpaired) electrons. The van der Waals surface area contributed by atoms with Gasteiger partial charge in [-0.15, -0.1) is 0 Å². The number of esters is 2. The van der Waals surface area contributed by atoms with E-state index in [0.29, 0.717) is 25.2 Å². The lowest BCUT2D eigenvalue weighted by Gasteiger charge is -2.23. The summed E-state index contributed by atoms with van der Waals surface area (Å²) in [6.07, 6.45) is 11.7. The molecule has 0 amide bonds. The van der Waals surface area contributed by atoms with Gasteiger partial charge in [0.05, 0.1) is 18.1 Å². The fourth-order valence-electron chi connectivity index (χ4n) is 5.25. The fraction of sp³-hybridized carbons (Fsp3) is 0.400. The highest BCUT2D eigenvalue weighted by molar-refractivity contribution is 5.98. The summed E-state index contributed by atoms with van der Waals surface area (Å²) < 4.78 is 16.8. The van der Waals surface area contributed by atoms with Crippen molar-refractivity contribution in [3.63, 3.8) is 0 Å². The molecule has 4 rings (SSSR count). The first-order valence-electron chi connectivity index (χ1n) is 15.1. The van der Waals surface area contributed by atoms with E-state index in [1.54, 1.807) is 24.3 Å². The maximum absolute atomic E-state index is 13.0. The summed E-state index contributed by atoms with van der Waals surface area (Å²) in [7, 11) is 0. The van der Waals surface area contributed by atoms with E-state index in [2.05, 4.69) is 13.0 Å². The van der Waals surface area contributed by atoms with Crippen LogP contribution in [-0.4, -0.2) is 29.6 Å². The lowest BCUT2D eigenvalue weighted by atomic mass is 9.84. The fourth-order valence-corrected chi connectivity index (χ4v) is 5.25. The van der Waals surface area contributed by atoms with Crippen LogP contribution in [0.1, 0.15) is 96.6 Å². The summed E-state index contributed by atoms with van der Waals surface area (Å²) in [5.41, 5.74) is 2.18. The second-order valence-corrected chi connectivity index (χ2v) is 10.8. The van der Waals surface area contributed by atoms with Crippen molar-refractivity contribution in [2.24, 2.45) is 5.92 Å². The molecule has 0 saturated heterocycles. The van der Waals surface area contributed by atoms with Crippen LogP contribution in [0.5, 0.6) is 17.2 Å². The molecule has 0 spiro atoms. The highest BCUT2D eigenvalue weighted by Crippen LogP contribution is 2.32. The smallest absolute Gasteiger partial charge is 0.343 e. The third kappa shape index (κ3) is 8.68. The SMILES string of the molecule is CCCCCCCCCCOc1ccc(C(=O)Oc2cccc(OC(=O)C3CCc4ccccc4C3)c2C(=O)O)cc1. The molecule has 1 N–H and O–H groups in total. The van der Waals surface area contributed by atoms with E-state index in [4.69, 9.17) is 14.2 Å². The normalized spacial score (nSPS) is 14.1. The van der Waals surface area contributed by atoms with Gasteiger partial charge in [0.2, 0.25) is 0 Å². The molecule has 0 heterocycles. The van der Waals surface area contributed by atoms with Gasteiger partial charge >= 0.3 is 17.9 Å². The van der Waals surface area contributed by atoms with Crippen molar-refractivity contribution >= 4 is 17.9 Å². The van der Waals surface area contributed by atoms with Crippen LogP contribution < -0.4 is 14.2 Å². The van der Waals surface area contributed by atoms with Crippen LogP contribution >= 0.6 is 0 Å². The summed E-state index contributed by atoms with van der Waals surface area (Å²) >= 11 is 0. The summed E-state index contributed by atoms with van der Waals surface area (Å²) in [6, 6.07) is 18.8. The van der Waals surface area contributed by atoms with Gasteiger partial charge in [-0.2, -0.15) is 0 Å². The molecule has 7 heteroatoms. The predicted molar refractivity (Wildman–Crippen MR) is 160 cm³/mol. The molecule has 7 nitrogen and oxygen atoms in total. The number of aryl methyl sites for hydroxylation is 1. The monoisotopic (exact) mass is 572 g/mol. The number of carbonyl (C=O) groups is 3. The van der Waals surface area contributed by atoms with Gasteiger partial charge in [-0.3, -0.25) is 4.79 Å². The number of rotatable bonds is 15. The molecule has 1 atom stereocenters. The minimum atomic E-state index is -1.36. The van der Waals surface area contributed by atoms with E-state index >= 15 is 0 Å². The number of hydrogen-bond acceptors (Lipinski definition) is 6. The number of carbonyl (C=O) groups excluding carboxylic acids is 2. The number of hydrogen-bond donors (Lipinski definition) is 1. The number of carboxylic acid groups (broad SMARTS) is 1. The molecule has 0 bridgehead atoms. The topological polar surface area (TPSA) is 99.1 Å². The highest BCUT2D eigenvalue weighted by atomic mass is 16.5. The van der Waals surface area contributed by atoms with Crippen LogP contribution in [0.2, 0.25) is 0 Å². The Morgan fingerprint density at radius 3 is 2.10 bits per heavy atom. The van der Waals surface area contributed by atoms with Crippen molar-refractivity contribution in [3.8, 4) is 17.2 Å². The summed E-state index contributed by atoms with van der Waals surface area (Å²) in [5.74, 6) is -2.66. The zero-order chi connectivity index (χ0) is 29.7. The first-order chi connectivity index (χ1) is 20.5. The highest BCUT2D eigenvalue weighted by Gasteiger charge is 2.29. The minimum Gasteiger partial charge on any atom is -0.494 e. The Morgan fingerprint density at radius 2 is 1.40 bits per heavy atom. The minimum absolute atomic E-state index is 0.152. The molecule has 0 aromatic heterocycles. The Bertz CT molecular complexity index is 1350. The lowest BCUT2D eigenvalue weighted by molar-refractivity contribution is -0.139. The van der Waals surface area contributed by atoms with Crippen molar-refractivity contribution in [3.05, 3.63) is 89.0 Å². The quantitative estimate of drug-likeness (QED) is 0.113. The zero-order valence-corrected chi connectivity index (χ0v) is 24.3. The number of carboxylic acids is 1. The van der Waals surface area contributed by atoms with Crippen LogP contribution in [0.15, 0.2) is 66.7 Å². The third-order valence-corrected chi connectivity index (χ3v) is 7.65. The third-order valence-electron chi connectivity index (χ3n) is 7.65.